The van der Waals surface area contributed by atoms with Crippen LogP contribution in [0.4, 0.5) is 11.5 Å². The summed E-state index contributed by atoms with van der Waals surface area (Å²) in [6.45, 7) is 4.19. The van der Waals surface area contributed by atoms with Crippen LogP contribution in [0.5, 0.6) is 0 Å². The van der Waals surface area contributed by atoms with Gasteiger partial charge in [-0.05, 0) is 25.7 Å². The lowest BCUT2D eigenvalue weighted by atomic mass is 10.2. The molecule has 0 amide bonds. The number of hydrogen-bond donors (Lipinski definition) is 2. The van der Waals surface area contributed by atoms with Crippen molar-refractivity contribution in [1.29, 1.82) is 0 Å². The van der Waals surface area contributed by atoms with E-state index in [0.29, 0.717) is 23.7 Å². The number of nitrogens with zero attached hydrogens (tertiary/aromatic N) is 1. The summed E-state index contributed by atoms with van der Waals surface area (Å²) in [5, 5.41) is 3.28. The largest absolute Gasteiger partial charge is 0.462 e. The summed E-state index contributed by atoms with van der Waals surface area (Å²) in [6, 6.07) is 1.86. The molecule has 0 aromatic carbocycles. The molecule has 106 valence electrons. The molecule has 0 spiro atoms. The molecule has 5 nitrogen and oxygen atoms in total. The highest BCUT2D eigenvalue weighted by molar-refractivity contribution is 7.98. The minimum atomic E-state index is -0.399. The van der Waals surface area contributed by atoms with Crippen LogP contribution in [0.25, 0.3) is 0 Å². The Hall–Kier alpha value is -1.43. The molecule has 0 bridgehead atoms. The maximum Gasteiger partial charge on any atom is 0.341 e. The van der Waals surface area contributed by atoms with E-state index in [1.54, 1.807) is 24.8 Å². The van der Waals surface area contributed by atoms with Gasteiger partial charge in [-0.25, -0.2) is 9.78 Å². The van der Waals surface area contributed by atoms with Crippen LogP contribution in [0, 0.1) is 0 Å². The van der Waals surface area contributed by atoms with Gasteiger partial charge in [0.2, 0.25) is 0 Å². The number of pyridine rings is 1. The molecule has 3 N–H and O–H groups in total. The van der Waals surface area contributed by atoms with Gasteiger partial charge in [0.1, 0.15) is 11.4 Å². The molecule has 0 aliphatic heterocycles. The van der Waals surface area contributed by atoms with E-state index in [9.17, 15) is 4.79 Å². The van der Waals surface area contributed by atoms with Gasteiger partial charge in [0.25, 0.3) is 0 Å². The van der Waals surface area contributed by atoms with Gasteiger partial charge in [-0.3, -0.25) is 0 Å². The summed E-state index contributed by atoms with van der Waals surface area (Å²) in [5.74, 6) is 1.09. The van der Waals surface area contributed by atoms with Crippen molar-refractivity contribution in [2.24, 2.45) is 0 Å². The monoisotopic (exact) mass is 283 g/mol. The van der Waals surface area contributed by atoms with Crippen molar-refractivity contribution < 1.29 is 9.53 Å². The first-order valence-electron chi connectivity index (χ1n) is 6.30. The third-order valence-corrected chi connectivity index (χ3v) is 3.34. The fourth-order valence-electron chi connectivity index (χ4n) is 1.62. The minimum absolute atomic E-state index is 0.263. The Morgan fingerprint density at radius 2 is 2.32 bits per heavy atom. The second kappa shape index (κ2) is 7.89. The van der Waals surface area contributed by atoms with Crippen LogP contribution in [0.1, 0.15) is 30.6 Å². The lowest BCUT2D eigenvalue weighted by Gasteiger charge is -2.18. The molecular weight excluding hydrogens is 262 g/mol. The summed E-state index contributed by atoms with van der Waals surface area (Å²) in [7, 11) is 0. The summed E-state index contributed by atoms with van der Waals surface area (Å²) >= 11 is 1.75. The molecule has 0 saturated carbocycles. The average molecular weight is 283 g/mol. The summed E-state index contributed by atoms with van der Waals surface area (Å²) < 4.78 is 5.02. The number of esters is 1. The zero-order valence-electron chi connectivity index (χ0n) is 11.6. The van der Waals surface area contributed by atoms with Crippen molar-refractivity contribution in [2.45, 2.75) is 26.3 Å². The van der Waals surface area contributed by atoms with Gasteiger partial charge in [-0.2, -0.15) is 11.8 Å². The van der Waals surface area contributed by atoms with E-state index in [1.807, 2.05) is 6.26 Å². The predicted molar refractivity (Wildman–Crippen MR) is 80.7 cm³/mol. The van der Waals surface area contributed by atoms with E-state index >= 15 is 0 Å². The predicted octanol–water partition coefficient (Wildman–Crippen LogP) is 2.39. The quantitative estimate of drug-likeness (QED) is 0.748. The number of nitrogens with one attached hydrogen (secondary N) is 1. The number of nitrogens with two attached hydrogens (primary N) is 1. The van der Waals surface area contributed by atoms with Crippen LogP contribution in [-0.4, -0.2) is 35.6 Å². The SMILES string of the molecule is CCOC(=O)c1cc(N)cnc1NC(CC)CSC. The second-order valence-electron chi connectivity index (χ2n) is 4.09. The number of nitrogen functional groups attached to an aromatic ring is 1. The topological polar surface area (TPSA) is 77.2 Å². The molecule has 1 atom stereocenters. The van der Waals surface area contributed by atoms with Crippen molar-refractivity contribution >= 4 is 29.2 Å². The van der Waals surface area contributed by atoms with Gasteiger partial charge in [-0.1, -0.05) is 6.92 Å². The van der Waals surface area contributed by atoms with Crippen molar-refractivity contribution in [2.75, 3.05) is 29.7 Å². The van der Waals surface area contributed by atoms with Crippen LogP contribution in [0.2, 0.25) is 0 Å². The number of carbonyl (C=O) groups excluding carboxylic acids is 1. The first kappa shape index (κ1) is 15.6. The third-order valence-electron chi connectivity index (χ3n) is 2.61. The maximum atomic E-state index is 11.9. The molecule has 19 heavy (non-hydrogen) atoms. The Bertz CT molecular complexity index is 426. The first-order chi connectivity index (χ1) is 9.12. The number of ether oxygens (including phenoxy) is 1. The van der Waals surface area contributed by atoms with E-state index in [-0.39, 0.29) is 6.04 Å². The molecule has 1 unspecified atom stereocenters. The Kier molecular flexibility index (Phi) is 6.49. The number of anilines is 2. The summed E-state index contributed by atoms with van der Waals surface area (Å²) in [5.41, 5.74) is 6.52. The average Bonchev–Trinajstić information content (AvgIpc) is 2.40. The maximum absolute atomic E-state index is 11.9. The lowest BCUT2D eigenvalue weighted by molar-refractivity contribution is 0.0527. The third kappa shape index (κ3) is 4.63. The lowest BCUT2D eigenvalue weighted by Crippen LogP contribution is -2.24. The van der Waals surface area contributed by atoms with Crippen LogP contribution < -0.4 is 11.1 Å². The van der Waals surface area contributed by atoms with Gasteiger partial charge in [0.15, 0.2) is 0 Å². The Morgan fingerprint density at radius 3 is 2.89 bits per heavy atom. The number of carbonyl (C=O) groups is 1. The van der Waals surface area contributed by atoms with E-state index in [2.05, 4.69) is 17.2 Å². The Morgan fingerprint density at radius 1 is 1.58 bits per heavy atom. The number of thioether (sulfide) groups is 1. The van der Waals surface area contributed by atoms with E-state index in [1.165, 1.54) is 6.20 Å². The van der Waals surface area contributed by atoms with E-state index < -0.39 is 5.97 Å². The van der Waals surface area contributed by atoms with Gasteiger partial charge in [0, 0.05) is 11.8 Å². The number of aromatic nitrogens is 1. The van der Waals surface area contributed by atoms with Crippen molar-refractivity contribution in [3.63, 3.8) is 0 Å². The Balaban J connectivity index is 2.95. The fraction of sp³-hybridized carbons (Fsp3) is 0.538. The van der Waals surface area contributed by atoms with Gasteiger partial charge >= 0.3 is 5.97 Å². The zero-order valence-corrected chi connectivity index (χ0v) is 12.4. The minimum Gasteiger partial charge on any atom is -0.462 e. The van der Waals surface area contributed by atoms with Crippen LogP contribution >= 0.6 is 11.8 Å². The standard InChI is InChI=1S/C13H21N3O2S/c1-4-10(8-19-3)16-12-11(13(17)18-5-2)6-9(14)7-15-12/h6-7,10H,4-5,8,14H2,1-3H3,(H,15,16). The van der Waals surface area contributed by atoms with Crippen LogP contribution in [0.15, 0.2) is 12.3 Å². The number of rotatable bonds is 7. The molecule has 1 aromatic rings. The molecule has 0 aliphatic rings. The van der Waals surface area contributed by atoms with Crippen molar-refractivity contribution in [3.8, 4) is 0 Å². The van der Waals surface area contributed by atoms with Gasteiger partial charge in [0.05, 0.1) is 18.5 Å². The van der Waals surface area contributed by atoms with E-state index in [4.69, 9.17) is 10.5 Å². The highest BCUT2D eigenvalue weighted by Crippen LogP contribution is 2.19. The molecule has 1 heterocycles. The molecule has 1 aromatic heterocycles. The summed E-state index contributed by atoms with van der Waals surface area (Å²) in [4.78, 5) is 16.1. The normalized spacial score (nSPS) is 11.9. The molecule has 0 aliphatic carbocycles. The van der Waals surface area contributed by atoms with Crippen molar-refractivity contribution in [1.82, 2.24) is 4.98 Å². The smallest absolute Gasteiger partial charge is 0.341 e. The van der Waals surface area contributed by atoms with Crippen molar-refractivity contribution in [3.05, 3.63) is 17.8 Å². The molecule has 0 fully saturated rings. The zero-order chi connectivity index (χ0) is 14.3. The molecule has 0 saturated heterocycles. The summed E-state index contributed by atoms with van der Waals surface area (Å²) in [6.07, 6.45) is 4.54. The first-order valence-corrected chi connectivity index (χ1v) is 7.69. The molecule has 0 radical (unpaired) electrons. The Labute approximate surface area is 118 Å². The fourth-order valence-corrected chi connectivity index (χ4v) is 2.34. The van der Waals surface area contributed by atoms with Gasteiger partial charge in [-0.15, -0.1) is 0 Å². The highest BCUT2D eigenvalue weighted by atomic mass is 32.2. The molecular formula is C13H21N3O2S. The molecule has 1 rings (SSSR count). The highest BCUT2D eigenvalue weighted by Gasteiger charge is 2.16. The molecule has 6 heteroatoms. The number of hydrogen-bond acceptors (Lipinski definition) is 6. The van der Waals surface area contributed by atoms with Crippen LogP contribution in [-0.2, 0) is 4.74 Å². The van der Waals surface area contributed by atoms with Crippen LogP contribution in [0.3, 0.4) is 0 Å². The second-order valence-corrected chi connectivity index (χ2v) is 5.00. The van der Waals surface area contributed by atoms with E-state index in [0.717, 1.165) is 12.2 Å². The van der Waals surface area contributed by atoms with Gasteiger partial charge < -0.3 is 15.8 Å².